The Balaban J connectivity index is 1.78. The lowest BCUT2D eigenvalue weighted by Gasteiger charge is -2.26. The van der Waals surface area contributed by atoms with Crippen LogP contribution in [0.5, 0.6) is 0 Å². The van der Waals surface area contributed by atoms with Crippen molar-refractivity contribution in [1.29, 1.82) is 0 Å². The fraction of sp³-hybridized carbons (Fsp3) is 0.0741. The highest BCUT2D eigenvalue weighted by Gasteiger charge is 2.13. The highest BCUT2D eigenvalue weighted by atomic mass is 16.1. The van der Waals surface area contributed by atoms with E-state index in [1.807, 2.05) is 30.3 Å². The second-order valence-electron chi connectivity index (χ2n) is 7.23. The first kappa shape index (κ1) is 18.7. The number of rotatable bonds is 5. The predicted molar refractivity (Wildman–Crippen MR) is 121 cm³/mol. The Morgan fingerprint density at radius 3 is 1.72 bits per heavy atom. The molecule has 4 aromatic carbocycles. The maximum Gasteiger partial charge on any atom is 0.150 e. The van der Waals surface area contributed by atoms with Crippen molar-refractivity contribution >= 4 is 23.3 Å². The second-order valence-corrected chi connectivity index (χ2v) is 7.23. The van der Waals surface area contributed by atoms with Crippen LogP contribution in [0.25, 0.3) is 11.1 Å². The number of aryl methyl sites for hydroxylation is 2. The van der Waals surface area contributed by atoms with E-state index in [1.165, 1.54) is 22.3 Å². The Bertz CT molecular complexity index is 1110. The van der Waals surface area contributed by atoms with Crippen LogP contribution in [0.4, 0.5) is 17.1 Å². The summed E-state index contributed by atoms with van der Waals surface area (Å²) in [4.78, 5) is 13.3. The molecule has 29 heavy (non-hydrogen) atoms. The standard InChI is InChI=1S/C27H23NO/c1-20-8-13-27(18-21(20)2)28(25-14-9-22(19-29)10-15-25)26-16-11-24(12-17-26)23-6-4-3-5-7-23/h3-19H,1-2H3. The molecule has 0 saturated carbocycles. The lowest BCUT2D eigenvalue weighted by Crippen LogP contribution is -2.10. The molecule has 2 nitrogen and oxygen atoms in total. The minimum absolute atomic E-state index is 0.674. The zero-order valence-corrected chi connectivity index (χ0v) is 16.7. The molecular formula is C27H23NO. The van der Waals surface area contributed by atoms with Crippen molar-refractivity contribution < 1.29 is 4.79 Å². The van der Waals surface area contributed by atoms with Crippen molar-refractivity contribution in [3.63, 3.8) is 0 Å². The van der Waals surface area contributed by atoms with Gasteiger partial charge in [0.15, 0.2) is 0 Å². The summed E-state index contributed by atoms with van der Waals surface area (Å²) < 4.78 is 0. The van der Waals surface area contributed by atoms with Crippen molar-refractivity contribution in [3.8, 4) is 11.1 Å². The molecule has 0 bridgehead atoms. The molecule has 0 unspecified atom stereocenters. The SMILES string of the molecule is Cc1ccc(N(c2ccc(C=O)cc2)c2ccc(-c3ccccc3)cc2)cc1C. The van der Waals surface area contributed by atoms with Gasteiger partial charge in [0.2, 0.25) is 0 Å². The van der Waals surface area contributed by atoms with Gasteiger partial charge in [-0.05, 0) is 84.6 Å². The predicted octanol–water partition coefficient (Wildman–Crippen LogP) is 7.25. The first-order valence-corrected chi connectivity index (χ1v) is 9.74. The Labute approximate surface area is 172 Å². The molecule has 0 heterocycles. The number of hydrogen-bond acceptors (Lipinski definition) is 2. The van der Waals surface area contributed by atoms with Crippen LogP contribution in [0.2, 0.25) is 0 Å². The van der Waals surface area contributed by atoms with Gasteiger partial charge in [0, 0.05) is 22.6 Å². The maximum atomic E-state index is 11.1. The summed E-state index contributed by atoms with van der Waals surface area (Å²) in [6.45, 7) is 4.25. The second kappa shape index (κ2) is 8.15. The maximum absolute atomic E-state index is 11.1. The van der Waals surface area contributed by atoms with E-state index in [-0.39, 0.29) is 0 Å². The number of carbonyl (C=O) groups is 1. The monoisotopic (exact) mass is 377 g/mol. The first-order chi connectivity index (χ1) is 14.2. The van der Waals surface area contributed by atoms with Crippen LogP contribution in [0, 0.1) is 13.8 Å². The Hall–Kier alpha value is -3.65. The molecule has 0 radical (unpaired) electrons. The van der Waals surface area contributed by atoms with Crippen molar-refractivity contribution in [1.82, 2.24) is 0 Å². The van der Waals surface area contributed by atoms with E-state index in [9.17, 15) is 4.79 Å². The van der Waals surface area contributed by atoms with Gasteiger partial charge in [0.25, 0.3) is 0 Å². The van der Waals surface area contributed by atoms with Gasteiger partial charge in [-0.2, -0.15) is 0 Å². The Kier molecular flexibility index (Phi) is 5.26. The summed E-state index contributed by atoms with van der Waals surface area (Å²) in [5.74, 6) is 0. The van der Waals surface area contributed by atoms with E-state index in [0.29, 0.717) is 5.56 Å². The molecule has 0 aliphatic rings. The molecule has 0 saturated heterocycles. The largest absolute Gasteiger partial charge is 0.310 e. The molecule has 4 rings (SSSR count). The highest BCUT2D eigenvalue weighted by Crippen LogP contribution is 2.36. The molecule has 0 spiro atoms. The smallest absolute Gasteiger partial charge is 0.150 e. The van der Waals surface area contributed by atoms with E-state index >= 15 is 0 Å². The summed E-state index contributed by atoms with van der Waals surface area (Å²) in [6, 6.07) is 33.2. The van der Waals surface area contributed by atoms with Crippen molar-refractivity contribution in [3.05, 3.63) is 114 Å². The average molecular weight is 377 g/mol. The topological polar surface area (TPSA) is 20.3 Å². The number of hydrogen-bond donors (Lipinski definition) is 0. The molecule has 142 valence electrons. The number of aldehydes is 1. The number of benzene rings is 4. The van der Waals surface area contributed by atoms with E-state index in [2.05, 4.69) is 85.5 Å². The summed E-state index contributed by atoms with van der Waals surface area (Å²) in [5.41, 5.74) is 8.77. The summed E-state index contributed by atoms with van der Waals surface area (Å²) in [6.07, 6.45) is 0.874. The fourth-order valence-corrected chi connectivity index (χ4v) is 3.45. The van der Waals surface area contributed by atoms with E-state index in [4.69, 9.17) is 0 Å². The van der Waals surface area contributed by atoms with Crippen LogP contribution in [-0.2, 0) is 0 Å². The zero-order valence-electron chi connectivity index (χ0n) is 16.7. The van der Waals surface area contributed by atoms with Gasteiger partial charge in [-0.25, -0.2) is 0 Å². The molecule has 2 heteroatoms. The van der Waals surface area contributed by atoms with Crippen LogP contribution in [-0.4, -0.2) is 6.29 Å². The van der Waals surface area contributed by atoms with Crippen molar-refractivity contribution in [2.45, 2.75) is 13.8 Å². The molecule has 0 aromatic heterocycles. The molecule has 4 aromatic rings. The Morgan fingerprint density at radius 1 is 0.586 bits per heavy atom. The third kappa shape index (κ3) is 3.97. The molecule has 0 aliphatic carbocycles. The quantitative estimate of drug-likeness (QED) is 0.341. The lowest BCUT2D eigenvalue weighted by atomic mass is 10.0. The van der Waals surface area contributed by atoms with E-state index < -0.39 is 0 Å². The molecule has 0 atom stereocenters. The van der Waals surface area contributed by atoms with E-state index in [1.54, 1.807) is 0 Å². The summed E-state index contributed by atoms with van der Waals surface area (Å²) in [5, 5.41) is 0. The van der Waals surface area contributed by atoms with Crippen molar-refractivity contribution in [2.75, 3.05) is 4.90 Å². The lowest BCUT2D eigenvalue weighted by molar-refractivity contribution is 0.112. The molecule has 0 fully saturated rings. The van der Waals surface area contributed by atoms with Crippen LogP contribution >= 0.6 is 0 Å². The number of carbonyl (C=O) groups excluding carboxylic acids is 1. The average Bonchev–Trinajstić information content (AvgIpc) is 2.78. The number of nitrogens with zero attached hydrogens (tertiary/aromatic N) is 1. The third-order valence-electron chi connectivity index (χ3n) is 5.27. The van der Waals surface area contributed by atoms with Gasteiger partial charge in [0.05, 0.1) is 0 Å². The minimum atomic E-state index is 0.674. The van der Waals surface area contributed by atoms with Crippen molar-refractivity contribution in [2.24, 2.45) is 0 Å². The third-order valence-corrected chi connectivity index (χ3v) is 5.27. The molecule has 0 aliphatic heterocycles. The minimum Gasteiger partial charge on any atom is -0.310 e. The van der Waals surface area contributed by atoms with Gasteiger partial charge < -0.3 is 4.90 Å². The van der Waals surface area contributed by atoms with Gasteiger partial charge in [0.1, 0.15) is 6.29 Å². The van der Waals surface area contributed by atoms with Crippen LogP contribution in [0.1, 0.15) is 21.5 Å². The van der Waals surface area contributed by atoms with Crippen LogP contribution in [0.3, 0.4) is 0 Å². The Morgan fingerprint density at radius 2 is 1.14 bits per heavy atom. The van der Waals surface area contributed by atoms with Gasteiger partial charge in [-0.15, -0.1) is 0 Å². The summed E-state index contributed by atoms with van der Waals surface area (Å²) >= 11 is 0. The highest BCUT2D eigenvalue weighted by molar-refractivity contribution is 5.81. The van der Waals surface area contributed by atoms with Gasteiger partial charge in [-0.1, -0.05) is 48.5 Å². The zero-order chi connectivity index (χ0) is 20.2. The first-order valence-electron chi connectivity index (χ1n) is 9.74. The molecule has 0 N–H and O–H groups in total. The van der Waals surface area contributed by atoms with Gasteiger partial charge >= 0.3 is 0 Å². The number of anilines is 3. The molecular weight excluding hydrogens is 354 g/mol. The fourth-order valence-electron chi connectivity index (χ4n) is 3.45. The molecule has 0 amide bonds. The van der Waals surface area contributed by atoms with Crippen LogP contribution in [0.15, 0.2) is 97.1 Å². The normalized spacial score (nSPS) is 10.6. The van der Waals surface area contributed by atoms with E-state index in [0.717, 1.165) is 23.3 Å². The van der Waals surface area contributed by atoms with Crippen LogP contribution < -0.4 is 4.90 Å². The van der Waals surface area contributed by atoms with Gasteiger partial charge in [-0.3, -0.25) is 4.79 Å². The summed E-state index contributed by atoms with van der Waals surface area (Å²) in [7, 11) is 0.